The van der Waals surface area contributed by atoms with Crippen LogP contribution in [-0.2, 0) is 9.53 Å². The molecule has 0 bridgehead atoms. The fourth-order valence-electron chi connectivity index (χ4n) is 2.71. The van der Waals surface area contributed by atoms with Gasteiger partial charge in [0.05, 0.1) is 6.04 Å². The molecule has 0 aromatic heterocycles. The van der Waals surface area contributed by atoms with Crippen molar-refractivity contribution < 1.29 is 14.6 Å². The zero-order chi connectivity index (χ0) is 15.2. The molecule has 1 saturated heterocycles. The van der Waals surface area contributed by atoms with Crippen molar-refractivity contribution in [2.75, 3.05) is 0 Å². The molecule has 2 N–H and O–H groups in total. The quantitative estimate of drug-likeness (QED) is 0.831. The highest BCUT2D eigenvalue weighted by Crippen LogP contribution is 2.55. The van der Waals surface area contributed by atoms with E-state index in [-0.39, 0.29) is 5.54 Å². The molecular weight excluding hydrogens is 254 g/mol. The summed E-state index contributed by atoms with van der Waals surface area (Å²) < 4.78 is 5.65. The van der Waals surface area contributed by atoms with Gasteiger partial charge in [-0.2, -0.15) is 0 Å². The molecule has 4 heteroatoms. The van der Waals surface area contributed by atoms with E-state index in [1.807, 2.05) is 65.0 Å². The van der Waals surface area contributed by atoms with Crippen LogP contribution in [0.15, 0.2) is 30.3 Å². The van der Waals surface area contributed by atoms with Crippen LogP contribution in [0.1, 0.15) is 46.2 Å². The second kappa shape index (κ2) is 4.57. The first-order chi connectivity index (χ1) is 9.10. The molecule has 20 heavy (non-hydrogen) atoms. The summed E-state index contributed by atoms with van der Waals surface area (Å²) in [7, 11) is 0. The SMILES string of the molecule is CC(C)(C)N[C@H](c1ccccc1)[C@]1(C(=O)O)OC1(C)C. The first-order valence-electron chi connectivity index (χ1n) is 6.86. The summed E-state index contributed by atoms with van der Waals surface area (Å²) in [6.07, 6.45) is 0. The molecule has 4 nitrogen and oxygen atoms in total. The third kappa shape index (κ3) is 2.45. The zero-order valence-corrected chi connectivity index (χ0v) is 12.7. The number of hydrogen-bond donors (Lipinski definition) is 2. The molecule has 0 radical (unpaired) electrons. The fraction of sp³-hybridized carbons (Fsp3) is 0.562. The van der Waals surface area contributed by atoms with Crippen LogP contribution in [0.5, 0.6) is 0 Å². The average Bonchev–Trinajstić information content (AvgIpc) is 2.91. The van der Waals surface area contributed by atoms with E-state index in [1.165, 1.54) is 0 Å². The monoisotopic (exact) mass is 277 g/mol. The van der Waals surface area contributed by atoms with Gasteiger partial charge in [-0.15, -0.1) is 0 Å². The number of aliphatic carboxylic acids is 1. The van der Waals surface area contributed by atoms with E-state index >= 15 is 0 Å². The minimum absolute atomic E-state index is 0.217. The minimum atomic E-state index is -1.22. The zero-order valence-electron chi connectivity index (χ0n) is 12.7. The van der Waals surface area contributed by atoms with Gasteiger partial charge in [0, 0.05) is 5.54 Å². The number of carbonyl (C=O) groups is 1. The Balaban J connectivity index is 2.45. The number of hydrogen-bond acceptors (Lipinski definition) is 3. The Hall–Kier alpha value is -1.39. The lowest BCUT2D eigenvalue weighted by Crippen LogP contribution is -2.50. The van der Waals surface area contributed by atoms with Crippen molar-refractivity contribution in [3.63, 3.8) is 0 Å². The summed E-state index contributed by atoms with van der Waals surface area (Å²) in [6, 6.07) is 9.23. The van der Waals surface area contributed by atoms with Crippen LogP contribution in [-0.4, -0.2) is 27.8 Å². The summed E-state index contributed by atoms with van der Waals surface area (Å²) in [5, 5.41) is 13.1. The van der Waals surface area contributed by atoms with Crippen LogP contribution in [0.25, 0.3) is 0 Å². The average molecular weight is 277 g/mol. The Morgan fingerprint density at radius 1 is 1.25 bits per heavy atom. The third-order valence-electron chi connectivity index (χ3n) is 3.70. The molecule has 0 aliphatic carbocycles. The van der Waals surface area contributed by atoms with Gasteiger partial charge in [0.25, 0.3) is 0 Å². The van der Waals surface area contributed by atoms with Crippen molar-refractivity contribution in [1.82, 2.24) is 5.32 Å². The van der Waals surface area contributed by atoms with E-state index in [4.69, 9.17) is 4.74 Å². The number of nitrogens with one attached hydrogen (secondary N) is 1. The van der Waals surface area contributed by atoms with Crippen molar-refractivity contribution >= 4 is 5.97 Å². The standard InChI is InChI=1S/C16H23NO3/c1-14(2,3)17-12(11-9-7-6-8-10-11)16(13(18)19)15(4,5)20-16/h6-10,12,17H,1-5H3,(H,18,19)/t12-,16-/m1/s1. The minimum Gasteiger partial charge on any atom is -0.479 e. The Bertz CT molecular complexity index is 504. The van der Waals surface area contributed by atoms with E-state index in [9.17, 15) is 9.90 Å². The number of rotatable bonds is 4. The maximum atomic E-state index is 11.8. The molecule has 1 fully saturated rings. The Morgan fingerprint density at radius 2 is 1.75 bits per heavy atom. The lowest BCUT2D eigenvalue weighted by Gasteiger charge is -2.32. The van der Waals surface area contributed by atoms with Gasteiger partial charge in [-0.25, -0.2) is 4.79 Å². The second-order valence-corrected chi connectivity index (χ2v) is 6.89. The van der Waals surface area contributed by atoms with Gasteiger partial charge in [-0.1, -0.05) is 30.3 Å². The summed E-state index contributed by atoms with van der Waals surface area (Å²) in [4.78, 5) is 11.8. The van der Waals surface area contributed by atoms with Crippen molar-refractivity contribution in [3.05, 3.63) is 35.9 Å². The molecule has 110 valence electrons. The van der Waals surface area contributed by atoms with E-state index in [1.54, 1.807) is 0 Å². The smallest absolute Gasteiger partial charge is 0.341 e. The van der Waals surface area contributed by atoms with Crippen LogP contribution in [0.4, 0.5) is 0 Å². The Kier molecular flexibility index (Phi) is 3.43. The highest BCUT2D eigenvalue weighted by atomic mass is 16.7. The normalized spacial score (nSPS) is 26.1. The number of epoxide rings is 1. The summed E-state index contributed by atoms with van der Waals surface area (Å²) >= 11 is 0. The molecule has 0 unspecified atom stereocenters. The highest BCUT2D eigenvalue weighted by Gasteiger charge is 2.74. The van der Waals surface area contributed by atoms with E-state index in [0.717, 1.165) is 5.56 Å². The predicted molar refractivity (Wildman–Crippen MR) is 77.6 cm³/mol. The largest absolute Gasteiger partial charge is 0.479 e. The number of benzene rings is 1. The first-order valence-corrected chi connectivity index (χ1v) is 6.86. The Labute approximate surface area is 120 Å². The maximum Gasteiger partial charge on any atom is 0.341 e. The van der Waals surface area contributed by atoms with Crippen LogP contribution in [0, 0.1) is 0 Å². The third-order valence-corrected chi connectivity index (χ3v) is 3.70. The van der Waals surface area contributed by atoms with Gasteiger partial charge in [0.15, 0.2) is 0 Å². The molecule has 2 atom stereocenters. The molecule has 0 amide bonds. The fourth-order valence-corrected chi connectivity index (χ4v) is 2.71. The highest BCUT2D eigenvalue weighted by molar-refractivity contribution is 5.84. The van der Waals surface area contributed by atoms with Crippen molar-refractivity contribution in [2.45, 2.75) is 57.4 Å². The first kappa shape index (κ1) is 15.0. The number of carboxylic acids is 1. The molecule has 1 aliphatic rings. The molecule has 1 aromatic carbocycles. The van der Waals surface area contributed by atoms with Gasteiger partial charge >= 0.3 is 5.97 Å². The Morgan fingerprint density at radius 3 is 2.10 bits per heavy atom. The van der Waals surface area contributed by atoms with E-state index < -0.39 is 23.2 Å². The second-order valence-electron chi connectivity index (χ2n) is 6.89. The maximum absolute atomic E-state index is 11.8. The van der Waals surface area contributed by atoms with Gasteiger partial charge < -0.3 is 15.2 Å². The van der Waals surface area contributed by atoms with E-state index in [2.05, 4.69) is 5.32 Å². The molecular formula is C16H23NO3. The summed E-state index contributed by atoms with van der Waals surface area (Å²) in [5.74, 6) is -0.923. The van der Waals surface area contributed by atoms with E-state index in [0.29, 0.717) is 0 Å². The van der Waals surface area contributed by atoms with Gasteiger partial charge in [-0.3, -0.25) is 0 Å². The lowest BCUT2D eigenvalue weighted by molar-refractivity contribution is -0.144. The predicted octanol–water partition coefficient (Wildman–Crippen LogP) is 2.75. The number of carboxylic acid groups (broad SMARTS) is 1. The topological polar surface area (TPSA) is 61.9 Å². The van der Waals surface area contributed by atoms with Crippen molar-refractivity contribution in [3.8, 4) is 0 Å². The molecule has 0 spiro atoms. The molecule has 1 heterocycles. The van der Waals surface area contributed by atoms with Gasteiger partial charge in [0.2, 0.25) is 5.60 Å². The summed E-state index contributed by atoms with van der Waals surface area (Å²) in [5.41, 5.74) is -1.19. The summed E-state index contributed by atoms with van der Waals surface area (Å²) in [6.45, 7) is 9.71. The van der Waals surface area contributed by atoms with Crippen LogP contribution >= 0.6 is 0 Å². The van der Waals surface area contributed by atoms with Crippen LogP contribution in [0.2, 0.25) is 0 Å². The van der Waals surface area contributed by atoms with Crippen molar-refractivity contribution in [2.24, 2.45) is 0 Å². The van der Waals surface area contributed by atoms with Crippen LogP contribution in [0.3, 0.4) is 0 Å². The van der Waals surface area contributed by atoms with Gasteiger partial charge in [-0.05, 0) is 40.2 Å². The van der Waals surface area contributed by atoms with Crippen LogP contribution < -0.4 is 5.32 Å². The lowest BCUT2D eigenvalue weighted by atomic mass is 9.83. The molecule has 1 aromatic rings. The van der Waals surface area contributed by atoms with Crippen molar-refractivity contribution in [1.29, 1.82) is 0 Å². The van der Waals surface area contributed by atoms with Gasteiger partial charge in [0.1, 0.15) is 5.60 Å². The number of ether oxygens (including phenoxy) is 1. The molecule has 2 rings (SSSR count). The molecule has 1 aliphatic heterocycles. The molecule has 0 saturated carbocycles.